The van der Waals surface area contributed by atoms with Crippen molar-refractivity contribution in [3.05, 3.63) is 23.3 Å². The van der Waals surface area contributed by atoms with E-state index in [9.17, 15) is 0 Å². The third-order valence-corrected chi connectivity index (χ3v) is 3.78. The fraction of sp³-hybridized carbons (Fsp3) is 0.714. The van der Waals surface area contributed by atoms with E-state index in [2.05, 4.69) is 24.0 Å². The van der Waals surface area contributed by atoms with Gasteiger partial charge in [-0.2, -0.15) is 0 Å². The lowest BCUT2D eigenvalue weighted by atomic mass is 9.92. The summed E-state index contributed by atoms with van der Waals surface area (Å²) < 4.78 is 0. The van der Waals surface area contributed by atoms with E-state index in [1.54, 1.807) is 11.1 Å². The van der Waals surface area contributed by atoms with Gasteiger partial charge in [0.1, 0.15) is 0 Å². The molecule has 0 amide bonds. The third-order valence-electron chi connectivity index (χ3n) is 3.78. The molecule has 0 spiro atoms. The van der Waals surface area contributed by atoms with E-state index < -0.39 is 0 Å². The molecule has 3 rings (SSSR count). The summed E-state index contributed by atoms with van der Waals surface area (Å²) >= 11 is 0. The van der Waals surface area contributed by atoms with Crippen LogP contribution in [0.4, 0.5) is 0 Å². The molecule has 1 heteroatoms. The lowest BCUT2D eigenvalue weighted by Gasteiger charge is -2.30. The van der Waals surface area contributed by atoms with Crippen molar-refractivity contribution in [1.29, 1.82) is 0 Å². The Labute approximate surface area is 93.9 Å². The molecular formula is C14H23N. The van der Waals surface area contributed by atoms with Gasteiger partial charge in [0.05, 0.1) is 0 Å². The molecule has 2 aliphatic carbocycles. The average Bonchev–Trinajstić information content (AvgIpc) is 3.10. The van der Waals surface area contributed by atoms with Crippen LogP contribution in [0.15, 0.2) is 23.3 Å². The predicted octanol–water partition coefficient (Wildman–Crippen LogP) is 3.24. The van der Waals surface area contributed by atoms with Crippen molar-refractivity contribution in [1.82, 2.24) is 4.90 Å². The summed E-state index contributed by atoms with van der Waals surface area (Å²) in [5.41, 5.74) is 3.45. The first-order valence-electron chi connectivity index (χ1n) is 6.51. The second-order valence-corrected chi connectivity index (χ2v) is 4.53. The Balaban J connectivity index is 0.000000404. The number of likely N-dealkylation sites (N-methyl/N-ethyl adjacent to an activating group) is 1. The van der Waals surface area contributed by atoms with Crippen LogP contribution in [0.5, 0.6) is 0 Å². The van der Waals surface area contributed by atoms with Gasteiger partial charge >= 0.3 is 0 Å². The largest absolute Gasteiger partial charge is 0.299 e. The summed E-state index contributed by atoms with van der Waals surface area (Å²) in [6, 6.07) is 0. The van der Waals surface area contributed by atoms with Crippen LogP contribution < -0.4 is 0 Å². The average molecular weight is 205 g/mol. The van der Waals surface area contributed by atoms with Crippen LogP contribution in [-0.4, -0.2) is 24.5 Å². The third kappa shape index (κ3) is 2.03. The quantitative estimate of drug-likeness (QED) is 0.635. The first kappa shape index (κ1) is 10.9. The van der Waals surface area contributed by atoms with E-state index >= 15 is 0 Å². The van der Waals surface area contributed by atoms with Crippen LogP contribution in [0.3, 0.4) is 0 Å². The maximum absolute atomic E-state index is 2.58. The number of fused-ring (bicyclic) bond motifs is 2. The first-order chi connectivity index (χ1) is 7.38. The second kappa shape index (κ2) is 4.52. The van der Waals surface area contributed by atoms with Gasteiger partial charge in [0.25, 0.3) is 0 Å². The van der Waals surface area contributed by atoms with Crippen LogP contribution in [0, 0.1) is 11.8 Å². The molecule has 0 saturated heterocycles. The zero-order valence-electron chi connectivity index (χ0n) is 10.3. The normalized spacial score (nSPS) is 32.7. The van der Waals surface area contributed by atoms with Gasteiger partial charge in [-0.3, -0.25) is 4.90 Å². The van der Waals surface area contributed by atoms with E-state index in [1.165, 1.54) is 32.5 Å². The van der Waals surface area contributed by atoms with E-state index in [0.717, 1.165) is 11.8 Å². The highest BCUT2D eigenvalue weighted by atomic mass is 15.1. The highest BCUT2D eigenvalue weighted by molar-refractivity contribution is 5.40. The molecule has 0 bridgehead atoms. The van der Waals surface area contributed by atoms with Gasteiger partial charge in [-0.05, 0) is 42.4 Å². The van der Waals surface area contributed by atoms with Crippen molar-refractivity contribution in [3.8, 4) is 0 Å². The van der Waals surface area contributed by atoms with Gasteiger partial charge in [-0.1, -0.05) is 32.9 Å². The lowest BCUT2D eigenvalue weighted by molar-refractivity contribution is 0.295. The number of nitrogens with zero attached hydrogens (tertiary/aromatic N) is 1. The topological polar surface area (TPSA) is 3.24 Å². The lowest BCUT2D eigenvalue weighted by Crippen LogP contribution is -2.32. The van der Waals surface area contributed by atoms with Gasteiger partial charge in [0.2, 0.25) is 0 Å². The maximum Gasteiger partial charge on any atom is 0.0201 e. The summed E-state index contributed by atoms with van der Waals surface area (Å²) in [6.07, 6.45) is 7.57. The van der Waals surface area contributed by atoms with Crippen LogP contribution >= 0.6 is 0 Å². The molecule has 0 aromatic carbocycles. The minimum atomic E-state index is 0.926. The zero-order chi connectivity index (χ0) is 10.8. The molecule has 84 valence electrons. The number of hydrogen-bond acceptors (Lipinski definition) is 1. The minimum absolute atomic E-state index is 0.926. The molecule has 1 fully saturated rings. The summed E-state index contributed by atoms with van der Waals surface area (Å²) in [6.45, 7) is 10.0. The first-order valence-corrected chi connectivity index (χ1v) is 6.51. The number of rotatable bonds is 1. The van der Waals surface area contributed by atoms with Gasteiger partial charge in [-0.15, -0.1) is 0 Å². The summed E-state index contributed by atoms with van der Waals surface area (Å²) in [5.74, 6) is 1.88. The second-order valence-electron chi connectivity index (χ2n) is 4.53. The highest BCUT2D eigenvalue weighted by Gasteiger charge is 2.42. The van der Waals surface area contributed by atoms with Crippen LogP contribution in [0.1, 0.15) is 33.6 Å². The van der Waals surface area contributed by atoms with Crippen molar-refractivity contribution in [2.45, 2.75) is 33.6 Å². The Kier molecular flexibility index (Phi) is 3.30. The Bertz CT molecular complexity index is 288. The van der Waals surface area contributed by atoms with E-state index in [0.29, 0.717) is 0 Å². The maximum atomic E-state index is 2.58. The molecule has 0 N–H and O–H groups in total. The molecule has 0 aromatic heterocycles. The Morgan fingerprint density at radius 3 is 2.93 bits per heavy atom. The minimum Gasteiger partial charge on any atom is -0.299 e. The smallest absolute Gasteiger partial charge is 0.0201 e. The Morgan fingerprint density at radius 2 is 2.20 bits per heavy atom. The molecule has 1 heterocycles. The van der Waals surface area contributed by atoms with Crippen molar-refractivity contribution in [2.24, 2.45) is 11.8 Å². The SMILES string of the molecule is CC.CCN1CCC2=C(C1)C1CC1C=C2. The molecule has 0 aromatic rings. The Hall–Kier alpha value is -0.560. The number of hydrogen-bond donors (Lipinski definition) is 0. The van der Waals surface area contributed by atoms with Crippen molar-refractivity contribution in [3.63, 3.8) is 0 Å². The molecule has 1 nitrogen and oxygen atoms in total. The highest BCUT2D eigenvalue weighted by Crippen LogP contribution is 2.50. The van der Waals surface area contributed by atoms with Gasteiger partial charge in [0, 0.05) is 13.1 Å². The molecule has 3 aliphatic rings. The molecule has 15 heavy (non-hydrogen) atoms. The van der Waals surface area contributed by atoms with Crippen molar-refractivity contribution in [2.75, 3.05) is 19.6 Å². The molecule has 1 saturated carbocycles. The van der Waals surface area contributed by atoms with Crippen LogP contribution in [-0.2, 0) is 0 Å². The van der Waals surface area contributed by atoms with E-state index in [4.69, 9.17) is 0 Å². The molecule has 1 aliphatic heterocycles. The molecule has 2 atom stereocenters. The fourth-order valence-corrected chi connectivity index (χ4v) is 2.74. The van der Waals surface area contributed by atoms with Crippen LogP contribution in [0.2, 0.25) is 0 Å². The van der Waals surface area contributed by atoms with Gasteiger partial charge < -0.3 is 0 Å². The monoisotopic (exact) mass is 205 g/mol. The summed E-state index contributed by atoms with van der Waals surface area (Å²) in [4.78, 5) is 2.58. The number of allylic oxidation sites excluding steroid dienone is 2. The fourth-order valence-electron chi connectivity index (χ4n) is 2.74. The van der Waals surface area contributed by atoms with Crippen molar-refractivity contribution >= 4 is 0 Å². The molecular weight excluding hydrogens is 182 g/mol. The van der Waals surface area contributed by atoms with Crippen LogP contribution in [0.25, 0.3) is 0 Å². The molecule has 2 unspecified atom stereocenters. The zero-order valence-corrected chi connectivity index (χ0v) is 10.3. The van der Waals surface area contributed by atoms with Gasteiger partial charge in [0.15, 0.2) is 0 Å². The summed E-state index contributed by atoms with van der Waals surface area (Å²) in [5, 5.41) is 0. The predicted molar refractivity (Wildman–Crippen MR) is 65.8 cm³/mol. The summed E-state index contributed by atoms with van der Waals surface area (Å²) in [7, 11) is 0. The van der Waals surface area contributed by atoms with Crippen molar-refractivity contribution < 1.29 is 0 Å². The van der Waals surface area contributed by atoms with Gasteiger partial charge in [-0.25, -0.2) is 0 Å². The van der Waals surface area contributed by atoms with E-state index in [-0.39, 0.29) is 0 Å². The van der Waals surface area contributed by atoms with E-state index in [1.807, 2.05) is 13.8 Å². The molecule has 0 radical (unpaired) electrons. The Morgan fingerprint density at radius 1 is 1.40 bits per heavy atom. The standard InChI is InChI=1S/C12H17N.C2H6/c1-2-13-6-5-9-3-4-10-7-11(10)12(9)8-13;1-2/h3-4,10-11H,2,5-8H2,1H3;1-2H3.